The molecule has 0 radical (unpaired) electrons. The molecule has 8 aromatic rings. The van der Waals surface area contributed by atoms with Crippen LogP contribution in [-0.4, -0.2) is 74.2 Å². The third-order valence-electron chi connectivity index (χ3n) is 15.3. The summed E-state index contributed by atoms with van der Waals surface area (Å²) in [5, 5.41) is 11.4. The van der Waals surface area contributed by atoms with Crippen LogP contribution in [-0.2, 0) is 44.9 Å². The Hall–Kier alpha value is -9.15. The Kier molecular flexibility index (Phi) is 23.4. The molecule has 4 heterocycles. The highest BCUT2D eigenvalue weighted by Gasteiger charge is 2.32. The summed E-state index contributed by atoms with van der Waals surface area (Å²) in [4.78, 5) is 44.1. The maximum absolute atomic E-state index is 14.4. The first-order valence-corrected chi connectivity index (χ1v) is 29.4. The monoisotopic (exact) mass is 1250 g/mol. The number of carbonyl (C=O) groups excluding carboxylic acids is 4. The molecule has 4 aliphatic heterocycles. The Morgan fingerprint density at radius 3 is 1.21 bits per heavy atom. The predicted molar refractivity (Wildman–Crippen MR) is 347 cm³/mol. The summed E-state index contributed by atoms with van der Waals surface area (Å²) < 4.78 is 80.7. The normalized spacial score (nSPS) is 15.7. The van der Waals surface area contributed by atoms with Gasteiger partial charge in [-0.3, -0.25) is 19.2 Å². The van der Waals surface area contributed by atoms with E-state index in [0.29, 0.717) is 96.4 Å². The van der Waals surface area contributed by atoms with Gasteiger partial charge in [-0.1, -0.05) is 136 Å². The van der Waals surface area contributed by atoms with Crippen LogP contribution in [0.4, 0.5) is 17.6 Å². The van der Waals surface area contributed by atoms with Gasteiger partial charge in [-0.2, -0.15) is 0 Å². The second-order valence-electron chi connectivity index (χ2n) is 22.1. The first-order chi connectivity index (χ1) is 42.2. The third-order valence-corrected chi connectivity index (χ3v) is 15.6. The second kappa shape index (κ2) is 30.9. The smallest absolute Gasteiger partial charge is 0.217 e. The quantitative estimate of drug-likeness (QED) is 0.0882. The molecule has 17 heteroatoms. The fourth-order valence-corrected chi connectivity index (χ4v) is 11.5. The summed E-state index contributed by atoms with van der Waals surface area (Å²) in [6, 6.07) is 42.9. The molecule has 0 aliphatic carbocycles. The largest absolute Gasteiger partial charge is 0.487 e. The van der Waals surface area contributed by atoms with Crippen LogP contribution in [0.15, 0.2) is 146 Å². The minimum Gasteiger partial charge on any atom is -0.487 e. The van der Waals surface area contributed by atoms with Crippen LogP contribution < -0.4 is 40.2 Å². The zero-order valence-corrected chi connectivity index (χ0v) is 50.7. The first-order valence-electron chi connectivity index (χ1n) is 29.1. The number of aryl methyl sites for hydroxylation is 3. The lowest BCUT2D eigenvalue weighted by molar-refractivity contribution is -0.120. The summed E-state index contributed by atoms with van der Waals surface area (Å²) in [7, 11) is 0. The number of amides is 4. The van der Waals surface area contributed by atoms with Crippen LogP contribution in [0.1, 0.15) is 81.5 Å². The Labute approximate surface area is 529 Å². The Bertz CT molecular complexity index is 3760. The molecule has 4 unspecified atom stereocenters. The van der Waals surface area contributed by atoms with E-state index in [4.69, 9.17) is 30.5 Å². The summed E-state index contributed by atoms with van der Waals surface area (Å²) >= 11 is 6.19. The molecule has 0 aromatic heterocycles. The van der Waals surface area contributed by atoms with Crippen molar-refractivity contribution in [1.82, 2.24) is 21.3 Å². The van der Waals surface area contributed by atoms with E-state index in [-0.39, 0.29) is 86.2 Å². The van der Waals surface area contributed by atoms with Crippen molar-refractivity contribution in [3.8, 4) is 67.5 Å². The van der Waals surface area contributed by atoms with Gasteiger partial charge < -0.3 is 40.2 Å². The highest BCUT2D eigenvalue weighted by atomic mass is 35.5. The van der Waals surface area contributed by atoms with Crippen LogP contribution in [0.25, 0.3) is 44.5 Å². The van der Waals surface area contributed by atoms with Crippen LogP contribution in [0.5, 0.6) is 23.0 Å². The summed E-state index contributed by atoms with van der Waals surface area (Å²) in [6.45, 7) is 13.5. The lowest BCUT2D eigenvalue weighted by Gasteiger charge is -2.16. The van der Waals surface area contributed by atoms with E-state index in [9.17, 15) is 36.7 Å². The van der Waals surface area contributed by atoms with Crippen LogP contribution in [0.2, 0.25) is 5.02 Å². The molecule has 0 saturated heterocycles. The number of fused-ring (bicyclic) bond motifs is 4. The minimum atomic E-state index is -0.368. The van der Waals surface area contributed by atoms with Gasteiger partial charge in [-0.05, 0) is 107 Å². The maximum Gasteiger partial charge on any atom is 0.217 e. The Balaban J connectivity index is 0.000000169. The van der Waals surface area contributed by atoms with Gasteiger partial charge in [-0.15, -0.1) is 0 Å². The first kappa shape index (κ1) is 68.3. The topological polar surface area (TPSA) is 153 Å². The van der Waals surface area contributed by atoms with E-state index in [1.807, 2.05) is 99.6 Å². The lowest BCUT2D eigenvalue weighted by Crippen LogP contribution is -2.32. The molecule has 4 amide bonds. The van der Waals surface area contributed by atoms with Crippen molar-refractivity contribution in [3.63, 3.8) is 0 Å². The maximum atomic E-state index is 14.4. The number of benzene rings is 8. The van der Waals surface area contributed by atoms with Gasteiger partial charge in [0.1, 0.15) is 70.7 Å². The highest BCUT2D eigenvalue weighted by molar-refractivity contribution is 6.33. The van der Waals surface area contributed by atoms with Crippen molar-refractivity contribution in [2.24, 2.45) is 0 Å². The van der Waals surface area contributed by atoms with E-state index in [0.717, 1.165) is 66.9 Å². The molecule has 4 N–H and O–H groups in total. The predicted octanol–water partition coefficient (Wildman–Crippen LogP) is 14.6. The number of halogens is 5. The van der Waals surface area contributed by atoms with Gasteiger partial charge in [-0.25, -0.2) is 17.6 Å². The van der Waals surface area contributed by atoms with Gasteiger partial charge >= 0.3 is 0 Å². The zero-order valence-electron chi connectivity index (χ0n) is 50.0. The van der Waals surface area contributed by atoms with E-state index in [1.54, 1.807) is 36.4 Å². The van der Waals surface area contributed by atoms with E-state index in [2.05, 4.69) is 21.3 Å². The molecule has 0 spiro atoms. The minimum absolute atomic E-state index is 0. The fraction of sp³-hybridized carbons (Fsp3) is 0.288. The standard InChI is InChI=1S/C19H20FNO2.C18H18FNO2.C17H15ClFNO2.C17H16FNO2.2CH4/c1-11-5-4-6-12(2)18(11)17-9-15(20)7-14-8-16(23-19(14)17)10-21-13(3)22;1-11-5-3-4-6-15(11)17-16(19)8-7-13-9-14(22-18(13)17)10-20-12(2)21;1-10(21)20-9-12-8-11-6-7-15(19)16(17(11)22-12)13-4-2-3-5-14(13)18;1-11(20)19-10-14-9-13-7-8-15(18)16(17(13)21-14)12-5-3-2-4-6-12;;/h4-7,9,16H,8,10H2,1-3H3,(H,21,22);3-8,14H,9-10H2,1-2H3,(H,20,21);2-7,12H,8-9H2,1H3,(H,20,21);2-8,14H,9-10H2,1H3,(H,19,20);2*1H4. The molecular formula is C73H77ClF4N4O8. The SMILES string of the molecule is C.C.CC(=O)NCC1Cc2cc(F)cc(-c3c(C)cccc3C)c2O1.CC(=O)NCC1Cc2ccc(F)c(-c3ccccc3)c2O1.CC(=O)NCC1Cc2ccc(F)c(-c3ccccc3C)c2O1.CC(=O)NCC1Cc2ccc(F)c(-c3ccccc3Cl)c2O1. The van der Waals surface area contributed by atoms with Gasteiger partial charge in [0.05, 0.1) is 42.9 Å². The van der Waals surface area contributed by atoms with Crippen LogP contribution in [0, 0.1) is 44.0 Å². The number of hydrogen-bond acceptors (Lipinski definition) is 8. The number of rotatable bonds is 12. The van der Waals surface area contributed by atoms with Gasteiger partial charge in [0.25, 0.3) is 0 Å². The van der Waals surface area contributed by atoms with Crippen molar-refractivity contribution in [2.45, 2.75) is 113 Å². The molecule has 4 atom stereocenters. The molecule has 0 bridgehead atoms. The van der Waals surface area contributed by atoms with Gasteiger partial charge in [0, 0.05) is 75.1 Å². The number of hydrogen-bond donors (Lipinski definition) is 4. The molecule has 90 heavy (non-hydrogen) atoms. The molecule has 4 aliphatic rings. The highest BCUT2D eigenvalue weighted by Crippen LogP contribution is 2.46. The molecule has 0 fully saturated rings. The Morgan fingerprint density at radius 1 is 0.400 bits per heavy atom. The second-order valence-corrected chi connectivity index (χ2v) is 22.5. The molecule has 12 nitrogen and oxygen atoms in total. The van der Waals surface area contributed by atoms with Crippen molar-refractivity contribution >= 4 is 35.2 Å². The third kappa shape index (κ3) is 16.6. The van der Waals surface area contributed by atoms with Crippen molar-refractivity contribution < 1.29 is 55.7 Å². The average Bonchev–Trinajstić information content (AvgIpc) is 1.59. The zero-order chi connectivity index (χ0) is 62.8. The molecule has 0 saturated carbocycles. The number of nitrogens with one attached hydrogen (secondary N) is 4. The average molecular weight is 1250 g/mol. The Morgan fingerprint density at radius 2 is 0.767 bits per heavy atom. The van der Waals surface area contributed by atoms with Crippen molar-refractivity contribution in [3.05, 3.63) is 213 Å². The summed E-state index contributed by atoms with van der Waals surface area (Å²) in [5.41, 5.74) is 12.4. The molecule has 8 aromatic carbocycles. The summed E-state index contributed by atoms with van der Waals surface area (Å²) in [6.07, 6.45) is 1.95. The molecular weight excluding hydrogens is 1170 g/mol. The van der Waals surface area contributed by atoms with E-state index < -0.39 is 0 Å². The summed E-state index contributed by atoms with van der Waals surface area (Å²) in [5.74, 6) is 0.853. The van der Waals surface area contributed by atoms with Crippen LogP contribution >= 0.6 is 11.6 Å². The van der Waals surface area contributed by atoms with E-state index >= 15 is 0 Å². The molecule has 472 valence electrons. The van der Waals surface area contributed by atoms with E-state index in [1.165, 1.54) is 58.0 Å². The van der Waals surface area contributed by atoms with Gasteiger partial charge in [0.15, 0.2) is 0 Å². The van der Waals surface area contributed by atoms with Gasteiger partial charge in [0.2, 0.25) is 23.6 Å². The van der Waals surface area contributed by atoms with Crippen LogP contribution in [0.3, 0.4) is 0 Å². The fourth-order valence-electron chi connectivity index (χ4n) is 11.3. The molecule has 12 rings (SSSR count). The van der Waals surface area contributed by atoms with Crippen molar-refractivity contribution in [1.29, 1.82) is 0 Å². The lowest BCUT2D eigenvalue weighted by atomic mass is 9.93. The number of ether oxygens (including phenoxy) is 4. The number of carbonyl (C=O) groups is 4. The van der Waals surface area contributed by atoms with Crippen molar-refractivity contribution in [2.75, 3.05) is 26.2 Å².